The second-order valence-electron chi connectivity index (χ2n) is 4.47. The predicted octanol–water partition coefficient (Wildman–Crippen LogP) is -0.118. The molecule has 0 bridgehead atoms. The van der Waals surface area contributed by atoms with Gasteiger partial charge in [-0.3, -0.25) is 14.4 Å². The van der Waals surface area contributed by atoms with Crippen molar-refractivity contribution in [3.63, 3.8) is 0 Å². The Kier molecular flexibility index (Phi) is 5.49. The topological polar surface area (TPSA) is 95.5 Å². The van der Waals surface area contributed by atoms with Gasteiger partial charge in [0.2, 0.25) is 11.8 Å². The van der Waals surface area contributed by atoms with Crippen LogP contribution in [0.4, 0.5) is 0 Å². The van der Waals surface area contributed by atoms with Gasteiger partial charge >= 0.3 is 5.97 Å². The summed E-state index contributed by atoms with van der Waals surface area (Å²) in [6.45, 7) is 5.71. The van der Waals surface area contributed by atoms with Gasteiger partial charge in [0.25, 0.3) is 0 Å². The fourth-order valence-corrected chi connectivity index (χ4v) is 0.996. The number of rotatable bonds is 5. The molecule has 0 fully saturated rings. The molecule has 0 rings (SSSR count). The number of carboxylic acid groups (broad SMARTS) is 1. The maximum Gasteiger partial charge on any atom is 0.312 e. The van der Waals surface area contributed by atoms with Crippen molar-refractivity contribution in [3.05, 3.63) is 0 Å². The van der Waals surface area contributed by atoms with Crippen molar-refractivity contribution in [3.8, 4) is 0 Å². The third kappa shape index (κ3) is 8.98. The van der Waals surface area contributed by atoms with E-state index in [1.165, 1.54) is 0 Å². The van der Waals surface area contributed by atoms with Gasteiger partial charge in [-0.15, -0.1) is 0 Å². The quantitative estimate of drug-likeness (QED) is 0.574. The molecule has 0 aliphatic carbocycles. The summed E-state index contributed by atoms with van der Waals surface area (Å²) in [5.41, 5.74) is -0.303. The molecule has 6 heteroatoms. The SMILES string of the molecule is CC(C)(C)NC(=O)CCNC(=O)CC(=O)O. The molecule has 0 heterocycles. The van der Waals surface area contributed by atoms with Crippen LogP contribution in [0, 0.1) is 0 Å². The Morgan fingerprint density at radius 1 is 1.12 bits per heavy atom. The van der Waals surface area contributed by atoms with E-state index in [1.807, 2.05) is 20.8 Å². The molecule has 92 valence electrons. The molecule has 0 unspecified atom stereocenters. The van der Waals surface area contributed by atoms with Crippen LogP contribution in [0.2, 0.25) is 0 Å². The van der Waals surface area contributed by atoms with Crippen molar-refractivity contribution >= 4 is 17.8 Å². The van der Waals surface area contributed by atoms with Crippen LogP contribution in [-0.4, -0.2) is 35.0 Å². The monoisotopic (exact) mass is 230 g/mol. The van der Waals surface area contributed by atoms with Gasteiger partial charge < -0.3 is 15.7 Å². The van der Waals surface area contributed by atoms with E-state index in [1.54, 1.807) is 0 Å². The minimum atomic E-state index is -1.18. The molecule has 0 aromatic carbocycles. The van der Waals surface area contributed by atoms with Crippen molar-refractivity contribution in [2.24, 2.45) is 0 Å². The third-order valence-electron chi connectivity index (χ3n) is 1.50. The highest BCUT2D eigenvalue weighted by molar-refractivity contribution is 5.93. The third-order valence-corrected chi connectivity index (χ3v) is 1.50. The highest BCUT2D eigenvalue weighted by atomic mass is 16.4. The fraction of sp³-hybridized carbons (Fsp3) is 0.700. The van der Waals surface area contributed by atoms with Crippen LogP contribution in [0.3, 0.4) is 0 Å². The molecule has 0 spiro atoms. The van der Waals surface area contributed by atoms with E-state index in [0.717, 1.165) is 0 Å². The largest absolute Gasteiger partial charge is 0.481 e. The first kappa shape index (κ1) is 14.4. The maximum atomic E-state index is 11.3. The summed E-state index contributed by atoms with van der Waals surface area (Å²) in [5, 5.41) is 13.4. The summed E-state index contributed by atoms with van der Waals surface area (Å²) in [4.78, 5) is 32.3. The van der Waals surface area contributed by atoms with Crippen LogP contribution in [0.25, 0.3) is 0 Å². The molecule has 2 amide bonds. The van der Waals surface area contributed by atoms with Crippen molar-refractivity contribution in [1.82, 2.24) is 10.6 Å². The van der Waals surface area contributed by atoms with Crippen LogP contribution in [-0.2, 0) is 14.4 Å². The average Bonchev–Trinajstić information content (AvgIpc) is 1.98. The minimum Gasteiger partial charge on any atom is -0.481 e. The number of carbonyl (C=O) groups excluding carboxylic acids is 2. The Morgan fingerprint density at radius 3 is 2.12 bits per heavy atom. The molecule has 0 aromatic rings. The Hall–Kier alpha value is -1.59. The molecule has 6 nitrogen and oxygen atoms in total. The van der Waals surface area contributed by atoms with E-state index in [2.05, 4.69) is 10.6 Å². The maximum absolute atomic E-state index is 11.3. The van der Waals surface area contributed by atoms with Gasteiger partial charge in [0.05, 0.1) is 0 Å². The molecular formula is C10H18N2O4. The van der Waals surface area contributed by atoms with E-state index < -0.39 is 18.3 Å². The Balaban J connectivity index is 3.70. The first-order valence-corrected chi connectivity index (χ1v) is 5.00. The molecule has 0 radical (unpaired) electrons. The van der Waals surface area contributed by atoms with Gasteiger partial charge in [-0.05, 0) is 20.8 Å². The molecule has 0 aliphatic heterocycles. The second-order valence-corrected chi connectivity index (χ2v) is 4.47. The van der Waals surface area contributed by atoms with Crippen molar-refractivity contribution in [2.75, 3.05) is 6.54 Å². The Bertz CT molecular complexity index is 281. The lowest BCUT2D eigenvalue weighted by Gasteiger charge is -2.20. The van der Waals surface area contributed by atoms with E-state index >= 15 is 0 Å². The zero-order chi connectivity index (χ0) is 12.8. The van der Waals surface area contributed by atoms with Gasteiger partial charge in [0, 0.05) is 18.5 Å². The number of nitrogens with one attached hydrogen (secondary N) is 2. The van der Waals surface area contributed by atoms with E-state index in [9.17, 15) is 14.4 Å². The normalized spacial score (nSPS) is 10.7. The van der Waals surface area contributed by atoms with Gasteiger partial charge in [-0.2, -0.15) is 0 Å². The molecule has 16 heavy (non-hydrogen) atoms. The lowest BCUT2D eigenvalue weighted by Crippen LogP contribution is -2.42. The van der Waals surface area contributed by atoms with E-state index in [-0.39, 0.29) is 24.4 Å². The highest BCUT2D eigenvalue weighted by Gasteiger charge is 2.13. The predicted molar refractivity (Wildman–Crippen MR) is 57.8 cm³/mol. The Labute approximate surface area is 94.4 Å². The number of carbonyl (C=O) groups is 3. The number of hydrogen-bond donors (Lipinski definition) is 3. The smallest absolute Gasteiger partial charge is 0.312 e. The van der Waals surface area contributed by atoms with Crippen molar-refractivity contribution in [1.29, 1.82) is 0 Å². The summed E-state index contributed by atoms with van der Waals surface area (Å²) < 4.78 is 0. The summed E-state index contributed by atoms with van der Waals surface area (Å²) in [5.74, 6) is -1.95. The first-order valence-electron chi connectivity index (χ1n) is 5.00. The van der Waals surface area contributed by atoms with Crippen molar-refractivity contribution in [2.45, 2.75) is 39.2 Å². The van der Waals surface area contributed by atoms with Crippen LogP contribution in [0.15, 0.2) is 0 Å². The molecule has 0 aromatic heterocycles. The summed E-state index contributed by atoms with van der Waals surface area (Å²) in [6.07, 6.45) is -0.427. The second kappa shape index (κ2) is 6.09. The van der Waals surface area contributed by atoms with Crippen LogP contribution >= 0.6 is 0 Å². The lowest BCUT2D eigenvalue weighted by atomic mass is 10.1. The van der Waals surface area contributed by atoms with Gasteiger partial charge in [-0.1, -0.05) is 0 Å². The number of aliphatic carboxylic acids is 1. The molecule has 0 atom stereocenters. The molecule has 0 aliphatic rings. The fourth-order valence-electron chi connectivity index (χ4n) is 0.996. The Morgan fingerprint density at radius 2 is 1.69 bits per heavy atom. The lowest BCUT2D eigenvalue weighted by molar-refractivity contribution is -0.140. The molecule has 0 saturated heterocycles. The van der Waals surface area contributed by atoms with Crippen LogP contribution in [0.1, 0.15) is 33.6 Å². The zero-order valence-corrected chi connectivity index (χ0v) is 9.79. The standard InChI is InChI=1S/C10H18N2O4/c1-10(2,3)12-7(13)4-5-11-8(14)6-9(15)16/h4-6H2,1-3H3,(H,11,14)(H,12,13)(H,15,16). The van der Waals surface area contributed by atoms with Crippen LogP contribution < -0.4 is 10.6 Å². The van der Waals surface area contributed by atoms with Crippen LogP contribution in [0.5, 0.6) is 0 Å². The van der Waals surface area contributed by atoms with Gasteiger partial charge in [0.15, 0.2) is 0 Å². The highest BCUT2D eigenvalue weighted by Crippen LogP contribution is 1.98. The van der Waals surface area contributed by atoms with Gasteiger partial charge in [-0.25, -0.2) is 0 Å². The van der Waals surface area contributed by atoms with E-state index in [4.69, 9.17) is 5.11 Å². The first-order chi connectivity index (χ1) is 7.20. The van der Waals surface area contributed by atoms with Crippen molar-refractivity contribution < 1.29 is 19.5 Å². The van der Waals surface area contributed by atoms with Gasteiger partial charge in [0.1, 0.15) is 6.42 Å². The summed E-state index contributed by atoms with van der Waals surface area (Å²) in [7, 11) is 0. The summed E-state index contributed by atoms with van der Waals surface area (Å²) in [6, 6.07) is 0. The molecule has 3 N–H and O–H groups in total. The zero-order valence-electron chi connectivity index (χ0n) is 9.79. The molecule has 0 saturated carbocycles. The minimum absolute atomic E-state index is 0.141. The number of amides is 2. The molecular weight excluding hydrogens is 212 g/mol. The summed E-state index contributed by atoms with van der Waals surface area (Å²) >= 11 is 0. The average molecular weight is 230 g/mol. The van der Waals surface area contributed by atoms with E-state index in [0.29, 0.717) is 0 Å². The number of carboxylic acids is 1. The number of hydrogen-bond acceptors (Lipinski definition) is 3.